The fraction of sp³-hybridized carbons (Fsp3) is 0.273. The Bertz CT molecular complexity index is 448. The minimum Gasteiger partial charge on any atom is -0.343 e. The number of hydrogen-bond acceptors (Lipinski definition) is 2. The third-order valence-corrected chi connectivity index (χ3v) is 2.32. The molecule has 0 saturated carbocycles. The second-order valence-corrected chi connectivity index (χ2v) is 3.90. The van der Waals surface area contributed by atoms with Crippen LogP contribution in [-0.2, 0) is 4.79 Å². The smallest absolute Gasteiger partial charge is 0.343 e. The highest BCUT2D eigenvalue weighted by Crippen LogP contribution is 2.21. The molecule has 0 bridgehead atoms. The Balaban J connectivity index is 2.74. The van der Waals surface area contributed by atoms with Crippen molar-refractivity contribution in [1.82, 2.24) is 5.32 Å². The number of carbonyl (C=O) groups is 1. The van der Waals surface area contributed by atoms with Gasteiger partial charge in [-0.15, -0.1) is 0 Å². The van der Waals surface area contributed by atoms with E-state index >= 15 is 0 Å². The maximum atomic E-state index is 12.4. The van der Waals surface area contributed by atoms with Crippen LogP contribution >= 0.6 is 11.6 Å². The number of nitriles is 1. The first-order valence-electron chi connectivity index (χ1n) is 4.72. The van der Waals surface area contributed by atoms with Gasteiger partial charge in [0.15, 0.2) is 0 Å². The number of nitrogens with one attached hydrogen (secondary N) is 1. The lowest BCUT2D eigenvalue weighted by molar-refractivity contribution is -0.136. The van der Waals surface area contributed by atoms with Gasteiger partial charge in [-0.25, -0.2) is 0 Å². The van der Waals surface area contributed by atoms with Crippen molar-refractivity contribution in [3.63, 3.8) is 0 Å². The number of carbonyl (C=O) groups excluding carboxylic acids is 1. The van der Waals surface area contributed by atoms with Gasteiger partial charge in [0, 0.05) is 0 Å². The first-order valence-corrected chi connectivity index (χ1v) is 5.10. The molecule has 6 heteroatoms. The SMILES string of the molecule is C[C@H](NC(=O)C(F)(F)Cl)c1ccc(C#N)cc1. The second kappa shape index (κ2) is 5.11. The van der Waals surface area contributed by atoms with Crippen molar-refractivity contribution in [2.24, 2.45) is 0 Å². The summed E-state index contributed by atoms with van der Waals surface area (Å²) in [6, 6.07) is 7.55. The highest BCUT2D eigenvalue weighted by molar-refractivity contribution is 6.32. The Morgan fingerprint density at radius 3 is 2.41 bits per heavy atom. The normalized spacial score (nSPS) is 12.6. The number of hydrogen-bond donors (Lipinski definition) is 1. The van der Waals surface area contributed by atoms with Crippen molar-refractivity contribution >= 4 is 17.5 Å². The summed E-state index contributed by atoms with van der Waals surface area (Å²) in [5.74, 6) is -1.55. The molecule has 1 aromatic rings. The molecule has 1 N–H and O–H groups in total. The number of alkyl halides is 3. The van der Waals surface area contributed by atoms with Gasteiger partial charge >= 0.3 is 11.3 Å². The Hall–Kier alpha value is -1.67. The molecule has 17 heavy (non-hydrogen) atoms. The zero-order valence-corrected chi connectivity index (χ0v) is 9.63. The predicted molar refractivity (Wildman–Crippen MR) is 58.5 cm³/mol. The highest BCUT2D eigenvalue weighted by Gasteiger charge is 2.36. The van der Waals surface area contributed by atoms with Crippen LogP contribution in [0.4, 0.5) is 8.78 Å². The van der Waals surface area contributed by atoms with Gasteiger partial charge in [0.1, 0.15) is 0 Å². The maximum Gasteiger partial charge on any atom is 0.399 e. The number of halogens is 3. The molecule has 1 rings (SSSR count). The Morgan fingerprint density at radius 2 is 2.00 bits per heavy atom. The molecule has 0 aliphatic heterocycles. The molecular formula is C11H9ClF2N2O. The first kappa shape index (κ1) is 13.4. The zero-order valence-electron chi connectivity index (χ0n) is 8.88. The van der Waals surface area contributed by atoms with E-state index in [9.17, 15) is 13.6 Å². The molecule has 0 fully saturated rings. The van der Waals surface area contributed by atoms with Crippen LogP contribution < -0.4 is 5.32 Å². The lowest BCUT2D eigenvalue weighted by Crippen LogP contribution is -2.37. The van der Waals surface area contributed by atoms with E-state index in [-0.39, 0.29) is 0 Å². The van der Waals surface area contributed by atoms with E-state index in [1.54, 1.807) is 19.1 Å². The van der Waals surface area contributed by atoms with Crippen molar-refractivity contribution in [2.45, 2.75) is 18.3 Å². The van der Waals surface area contributed by atoms with Crippen molar-refractivity contribution in [1.29, 1.82) is 5.26 Å². The van der Waals surface area contributed by atoms with Gasteiger partial charge < -0.3 is 5.32 Å². The van der Waals surface area contributed by atoms with Gasteiger partial charge in [-0.1, -0.05) is 12.1 Å². The summed E-state index contributed by atoms with van der Waals surface area (Å²) in [5, 5.41) is 6.74. The summed E-state index contributed by atoms with van der Waals surface area (Å²) in [4.78, 5) is 10.9. The Kier molecular flexibility index (Phi) is 4.02. The van der Waals surface area contributed by atoms with Gasteiger partial charge in [-0.05, 0) is 36.2 Å². The highest BCUT2D eigenvalue weighted by atomic mass is 35.5. The molecule has 1 amide bonds. The molecular weight excluding hydrogens is 250 g/mol. The van der Waals surface area contributed by atoms with Crippen LogP contribution in [0.5, 0.6) is 0 Å². The number of amides is 1. The van der Waals surface area contributed by atoms with Crippen molar-refractivity contribution in [2.75, 3.05) is 0 Å². The molecule has 1 aromatic carbocycles. The van der Waals surface area contributed by atoms with Gasteiger partial charge in [0.05, 0.1) is 17.7 Å². The van der Waals surface area contributed by atoms with Crippen LogP contribution in [-0.4, -0.2) is 11.3 Å². The van der Waals surface area contributed by atoms with Crippen LogP contribution in [0.25, 0.3) is 0 Å². The van der Waals surface area contributed by atoms with Gasteiger partial charge in [0.2, 0.25) is 0 Å². The van der Waals surface area contributed by atoms with Crippen molar-refractivity contribution in [3.05, 3.63) is 35.4 Å². The van der Waals surface area contributed by atoms with E-state index in [0.717, 1.165) is 0 Å². The Labute approximate surface area is 102 Å². The van der Waals surface area contributed by atoms with E-state index in [1.807, 2.05) is 6.07 Å². The summed E-state index contributed by atoms with van der Waals surface area (Å²) >= 11 is 4.57. The van der Waals surface area contributed by atoms with Gasteiger partial charge in [-0.3, -0.25) is 4.79 Å². The quantitative estimate of drug-likeness (QED) is 0.847. The number of rotatable bonds is 3. The lowest BCUT2D eigenvalue weighted by Gasteiger charge is -2.16. The predicted octanol–water partition coefficient (Wildman–Crippen LogP) is 2.57. The Morgan fingerprint density at radius 1 is 1.47 bits per heavy atom. The average Bonchev–Trinajstić information content (AvgIpc) is 2.27. The fourth-order valence-electron chi connectivity index (χ4n) is 1.21. The van der Waals surface area contributed by atoms with Crippen LogP contribution in [0, 0.1) is 11.3 Å². The molecule has 0 spiro atoms. The molecule has 0 unspecified atom stereocenters. The van der Waals surface area contributed by atoms with Crippen LogP contribution in [0.2, 0.25) is 0 Å². The number of nitrogens with zero attached hydrogens (tertiary/aromatic N) is 1. The maximum absolute atomic E-state index is 12.4. The van der Waals surface area contributed by atoms with Gasteiger partial charge in [0.25, 0.3) is 0 Å². The molecule has 90 valence electrons. The minimum absolute atomic E-state index is 0.454. The summed E-state index contributed by atoms with van der Waals surface area (Å²) in [6.45, 7) is 1.54. The molecule has 0 radical (unpaired) electrons. The van der Waals surface area contributed by atoms with Crippen molar-refractivity contribution in [3.8, 4) is 6.07 Å². The van der Waals surface area contributed by atoms with E-state index in [0.29, 0.717) is 11.1 Å². The largest absolute Gasteiger partial charge is 0.399 e. The van der Waals surface area contributed by atoms with Crippen LogP contribution in [0.1, 0.15) is 24.1 Å². The molecule has 0 saturated heterocycles. The van der Waals surface area contributed by atoms with E-state index in [2.05, 4.69) is 16.9 Å². The second-order valence-electron chi connectivity index (χ2n) is 3.43. The standard InChI is InChI=1S/C11H9ClF2N2O/c1-7(16-10(17)11(12,13)14)9-4-2-8(6-15)3-5-9/h2-5,7H,1H3,(H,16,17)/t7-/m0/s1. The molecule has 0 aliphatic carbocycles. The molecule has 1 atom stereocenters. The topological polar surface area (TPSA) is 52.9 Å². The molecule has 0 heterocycles. The summed E-state index contributed by atoms with van der Waals surface area (Å²) in [7, 11) is 0. The zero-order chi connectivity index (χ0) is 13.1. The number of benzene rings is 1. The minimum atomic E-state index is -3.92. The first-order chi connectivity index (χ1) is 7.84. The third kappa shape index (κ3) is 3.68. The third-order valence-electron chi connectivity index (χ3n) is 2.14. The van der Waals surface area contributed by atoms with Crippen LogP contribution in [0.3, 0.4) is 0 Å². The van der Waals surface area contributed by atoms with E-state index in [1.165, 1.54) is 12.1 Å². The van der Waals surface area contributed by atoms with Gasteiger partial charge in [-0.2, -0.15) is 14.0 Å². The van der Waals surface area contributed by atoms with Crippen molar-refractivity contribution < 1.29 is 13.6 Å². The van der Waals surface area contributed by atoms with E-state index < -0.39 is 17.3 Å². The summed E-state index contributed by atoms with van der Waals surface area (Å²) in [6.07, 6.45) is 0. The molecule has 3 nitrogen and oxygen atoms in total. The summed E-state index contributed by atoms with van der Waals surface area (Å²) < 4.78 is 24.8. The fourth-order valence-corrected chi connectivity index (χ4v) is 1.26. The van der Waals surface area contributed by atoms with E-state index in [4.69, 9.17) is 5.26 Å². The monoisotopic (exact) mass is 258 g/mol. The molecule has 0 aromatic heterocycles. The average molecular weight is 259 g/mol. The molecule has 0 aliphatic rings. The van der Waals surface area contributed by atoms with Crippen LogP contribution in [0.15, 0.2) is 24.3 Å². The summed E-state index contributed by atoms with van der Waals surface area (Å²) in [5.41, 5.74) is 1.06. The lowest BCUT2D eigenvalue weighted by atomic mass is 10.1.